The number of amides is 1. The number of carbonyl (C=O) groups excluding carboxylic acids is 1. The quantitative estimate of drug-likeness (QED) is 0.849. The topological polar surface area (TPSA) is 57.6 Å². The second kappa shape index (κ2) is 6.03. The van der Waals surface area contributed by atoms with Crippen LogP contribution in [0.15, 0.2) is 30.3 Å². The van der Waals surface area contributed by atoms with Gasteiger partial charge in [0.25, 0.3) is 5.91 Å². The van der Waals surface area contributed by atoms with Crippen LogP contribution in [0.2, 0.25) is 0 Å². The van der Waals surface area contributed by atoms with Crippen molar-refractivity contribution in [1.82, 2.24) is 4.90 Å². The number of hydrogen-bond donors (Lipinski definition) is 1. The third-order valence-electron chi connectivity index (χ3n) is 2.62. The number of aliphatic carboxylic acids is 1. The molecule has 1 amide bonds. The van der Waals surface area contributed by atoms with Crippen LogP contribution in [0.5, 0.6) is 0 Å². The Kier molecular flexibility index (Phi) is 4.69. The van der Waals surface area contributed by atoms with Gasteiger partial charge in [0.1, 0.15) is 0 Å². The standard InChI is InChI=1S/C13H17NO3/c1-3-14(10(2)9-12(15)16)13(17)11-7-5-4-6-8-11/h4-8,10H,3,9H2,1-2H3,(H,15,16). The van der Waals surface area contributed by atoms with Crippen LogP contribution >= 0.6 is 0 Å². The van der Waals surface area contributed by atoms with E-state index in [4.69, 9.17) is 5.11 Å². The first-order valence-electron chi connectivity index (χ1n) is 5.64. The van der Waals surface area contributed by atoms with Crippen LogP contribution in [-0.2, 0) is 4.79 Å². The minimum Gasteiger partial charge on any atom is -0.481 e. The molecule has 0 fully saturated rings. The fourth-order valence-electron chi connectivity index (χ4n) is 1.76. The highest BCUT2D eigenvalue weighted by Gasteiger charge is 2.21. The number of carbonyl (C=O) groups is 2. The lowest BCUT2D eigenvalue weighted by Crippen LogP contribution is -2.39. The predicted octanol–water partition coefficient (Wildman–Crippen LogP) is 2.01. The van der Waals surface area contributed by atoms with Crippen LogP contribution in [0.3, 0.4) is 0 Å². The maximum atomic E-state index is 12.1. The van der Waals surface area contributed by atoms with Crippen molar-refractivity contribution in [2.24, 2.45) is 0 Å². The Morgan fingerprint density at radius 1 is 1.29 bits per heavy atom. The van der Waals surface area contributed by atoms with Crippen molar-refractivity contribution in [2.75, 3.05) is 6.54 Å². The van der Waals surface area contributed by atoms with Crippen LogP contribution in [0.4, 0.5) is 0 Å². The molecule has 0 aromatic heterocycles. The lowest BCUT2D eigenvalue weighted by molar-refractivity contribution is -0.138. The highest BCUT2D eigenvalue weighted by atomic mass is 16.4. The molecule has 1 unspecified atom stereocenters. The molecule has 1 aromatic carbocycles. The van der Waals surface area contributed by atoms with E-state index in [1.807, 2.05) is 13.0 Å². The van der Waals surface area contributed by atoms with E-state index in [1.165, 1.54) is 0 Å². The zero-order chi connectivity index (χ0) is 12.8. The zero-order valence-electron chi connectivity index (χ0n) is 10.1. The molecule has 0 aliphatic heterocycles. The van der Waals surface area contributed by atoms with Gasteiger partial charge in [0, 0.05) is 18.2 Å². The highest BCUT2D eigenvalue weighted by Crippen LogP contribution is 2.10. The maximum Gasteiger partial charge on any atom is 0.305 e. The molecule has 0 aliphatic carbocycles. The van der Waals surface area contributed by atoms with E-state index in [0.29, 0.717) is 12.1 Å². The van der Waals surface area contributed by atoms with E-state index in [9.17, 15) is 9.59 Å². The minimum atomic E-state index is -0.892. The minimum absolute atomic E-state index is 0.0353. The van der Waals surface area contributed by atoms with Crippen LogP contribution in [0.1, 0.15) is 30.6 Å². The molecule has 1 N–H and O–H groups in total. The molecule has 1 aromatic rings. The number of benzene rings is 1. The molecule has 92 valence electrons. The first kappa shape index (κ1) is 13.2. The average Bonchev–Trinajstić information content (AvgIpc) is 2.30. The van der Waals surface area contributed by atoms with Crippen molar-refractivity contribution in [3.63, 3.8) is 0 Å². The Hall–Kier alpha value is -1.84. The van der Waals surface area contributed by atoms with Gasteiger partial charge in [-0.1, -0.05) is 18.2 Å². The van der Waals surface area contributed by atoms with Crippen molar-refractivity contribution < 1.29 is 14.7 Å². The molecule has 0 spiro atoms. The molecule has 0 saturated carbocycles. The Balaban J connectivity index is 2.81. The van der Waals surface area contributed by atoms with E-state index in [-0.39, 0.29) is 18.4 Å². The van der Waals surface area contributed by atoms with Gasteiger partial charge in [-0.3, -0.25) is 9.59 Å². The molecule has 4 nitrogen and oxygen atoms in total. The second-order valence-electron chi connectivity index (χ2n) is 3.90. The highest BCUT2D eigenvalue weighted by molar-refractivity contribution is 5.94. The van der Waals surface area contributed by atoms with Gasteiger partial charge in [0.05, 0.1) is 6.42 Å². The third-order valence-corrected chi connectivity index (χ3v) is 2.62. The molecule has 0 heterocycles. The first-order chi connectivity index (χ1) is 8.06. The van der Waals surface area contributed by atoms with Crippen molar-refractivity contribution in [1.29, 1.82) is 0 Å². The van der Waals surface area contributed by atoms with Gasteiger partial charge >= 0.3 is 5.97 Å². The molecule has 0 aliphatic rings. The summed E-state index contributed by atoms with van der Waals surface area (Å²) in [6, 6.07) is 8.60. The molecule has 0 saturated heterocycles. The maximum absolute atomic E-state index is 12.1. The van der Waals surface area contributed by atoms with Gasteiger partial charge in [-0.25, -0.2) is 0 Å². The van der Waals surface area contributed by atoms with E-state index >= 15 is 0 Å². The number of rotatable bonds is 5. The van der Waals surface area contributed by atoms with E-state index in [1.54, 1.807) is 36.1 Å². The number of hydrogen-bond acceptors (Lipinski definition) is 2. The lowest BCUT2D eigenvalue weighted by atomic mass is 10.1. The summed E-state index contributed by atoms with van der Waals surface area (Å²) in [5.41, 5.74) is 0.589. The van der Waals surface area contributed by atoms with Crippen molar-refractivity contribution in [3.8, 4) is 0 Å². The fraction of sp³-hybridized carbons (Fsp3) is 0.385. The summed E-state index contributed by atoms with van der Waals surface area (Å²) in [7, 11) is 0. The molecule has 1 rings (SSSR count). The third kappa shape index (κ3) is 3.59. The molecule has 17 heavy (non-hydrogen) atoms. The van der Waals surface area contributed by atoms with Gasteiger partial charge in [-0.2, -0.15) is 0 Å². The summed E-state index contributed by atoms with van der Waals surface area (Å²) in [6.07, 6.45) is -0.0353. The largest absolute Gasteiger partial charge is 0.481 e. The Labute approximate surface area is 101 Å². The zero-order valence-corrected chi connectivity index (χ0v) is 10.1. The summed E-state index contributed by atoms with van der Waals surface area (Å²) < 4.78 is 0. The lowest BCUT2D eigenvalue weighted by Gasteiger charge is -2.27. The Morgan fingerprint density at radius 2 is 1.88 bits per heavy atom. The molecular formula is C13H17NO3. The van der Waals surface area contributed by atoms with Crippen LogP contribution in [0.25, 0.3) is 0 Å². The van der Waals surface area contributed by atoms with E-state index < -0.39 is 5.97 Å². The SMILES string of the molecule is CCN(C(=O)c1ccccc1)C(C)CC(=O)O. The Morgan fingerprint density at radius 3 is 2.35 bits per heavy atom. The molecular weight excluding hydrogens is 218 g/mol. The van der Waals surface area contributed by atoms with Crippen molar-refractivity contribution in [3.05, 3.63) is 35.9 Å². The fourth-order valence-corrected chi connectivity index (χ4v) is 1.76. The first-order valence-corrected chi connectivity index (χ1v) is 5.64. The molecule has 4 heteroatoms. The van der Waals surface area contributed by atoms with Gasteiger partial charge < -0.3 is 10.0 Å². The number of nitrogens with zero attached hydrogens (tertiary/aromatic N) is 1. The number of carboxylic acid groups (broad SMARTS) is 1. The van der Waals surface area contributed by atoms with Crippen LogP contribution < -0.4 is 0 Å². The summed E-state index contributed by atoms with van der Waals surface area (Å²) in [5.74, 6) is -1.02. The number of carboxylic acids is 1. The van der Waals surface area contributed by atoms with Crippen molar-refractivity contribution in [2.45, 2.75) is 26.3 Å². The van der Waals surface area contributed by atoms with Gasteiger partial charge in [-0.15, -0.1) is 0 Å². The molecule has 0 radical (unpaired) electrons. The smallest absolute Gasteiger partial charge is 0.305 e. The van der Waals surface area contributed by atoms with E-state index in [2.05, 4.69) is 0 Å². The Bertz CT molecular complexity index is 389. The van der Waals surface area contributed by atoms with E-state index in [0.717, 1.165) is 0 Å². The summed E-state index contributed by atoms with van der Waals surface area (Å²) in [4.78, 5) is 24.4. The van der Waals surface area contributed by atoms with Crippen LogP contribution in [0, 0.1) is 0 Å². The summed E-state index contributed by atoms with van der Waals surface area (Å²) in [5, 5.41) is 8.74. The van der Waals surface area contributed by atoms with Crippen molar-refractivity contribution >= 4 is 11.9 Å². The molecule has 1 atom stereocenters. The van der Waals surface area contributed by atoms with Gasteiger partial charge in [0.15, 0.2) is 0 Å². The van der Waals surface area contributed by atoms with Gasteiger partial charge in [-0.05, 0) is 26.0 Å². The monoisotopic (exact) mass is 235 g/mol. The van der Waals surface area contributed by atoms with Gasteiger partial charge in [0.2, 0.25) is 0 Å². The normalized spacial score (nSPS) is 11.9. The van der Waals surface area contributed by atoms with Crippen LogP contribution in [-0.4, -0.2) is 34.5 Å². The molecule has 0 bridgehead atoms. The predicted molar refractivity (Wildman–Crippen MR) is 64.9 cm³/mol. The summed E-state index contributed by atoms with van der Waals surface area (Å²) in [6.45, 7) is 4.10. The second-order valence-corrected chi connectivity index (χ2v) is 3.90. The summed E-state index contributed by atoms with van der Waals surface area (Å²) >= 11 is 0. The average molecular weight is 235 g/mol.